The average Bonchev–Trinajstić information content (AvgIpc) is 2.22. The number of urea groups is 1. The molecule has 16 heavy (non-hydrogen) atoms. The maximum absolute atomic E-state index is 10.5. The van der Waals surface area contributed by atoms with Crippen LogP contribution >= 0.6 is 11.6 Å². The Bertz CT molecular complexity index is 394. The first kappa shape index (κ1) is 12.6. The number of halogens is 1. The molecule has 0 atom stereocenters. The third kappa shape index (κ3) is 3.31. The van der Waals surface area contributed by atoms with Gasteiger partial charge in [-0.25, -0.2) is 4.79 Å². The van der Waals surface area contributed by atoms with Crippen LogP contribution in [0.25, 0.3) is 0 Å². The van der Waals surface area contributed by atoms with Crippen molar-refractivity contribution in [3.05, 3.63) is 28.3 Å². The number of benzene rings is 1. The van der Waals surface area contributed by atoms with Crippen LogP contribution in [0, 0.1) is 6.92 Å². The van der Waals surface area contributed by atoms with Gasteiger partial charge in [-0.3, -0.25) is 0 Å². The Labute approximate surface area is 99.7 Å². The van der Waals surface area contributed by atoms with E-state index < -0.39 is 6.03 Å². The molecule has 0 aromatic heterocycles. The predicted molar refractivity (Wildman–Crippen MR) is 64.0 cm³/mol. The van der Waals surface area contributed by atoms with Gasteiger partial charge in [0.25, 0.3) is 0 Å². The van der Waals surface area contributed by atoms with Gasteiger partial charge in [0.1, 0.15) is 5.75 Å². The van der Waals surface area contributed by atoms with E-state index in [0.29, 0.717) is 18.0 Å². The zero-order valence-electron chi connectivity index (χ0n) is 9.34. The fraction of sp³-hybridized carbons (Fsp3) is 0.364. The molecule has 0 aliphatic rings. The van der Waals surface area contributed by atoms with Gasteiger partial charge in [-0.2, -0.15) is 0 Å². The third-order valence-corrected chi connectivity index (χ3v) is 2.66. The van der Waals surface area contributed by atoms with Crippen molar-refractivity contribution < 1.29 is 9.53 Å². The molecule has 3 N–H and O–H groups in total. The Balaban J connectivity index is 2.77. The van der Waals surface area contributed by atoms with Crippen LogP contribution in [0.5, 0.6) is 5.75 Å². The van der Waals surface area contributed by atoms with Crippen molar-refractivity contribution in [2.75, 3.05) is 13.7 Å². The number of hydrogen-bond donors (Lipinski definition) is 2. The van der Waals surface area contributed by atoms with Gasteiger partial charge >= 0.3 is 6.03 Å². The summed E-state index contributed by atoms with van der Waals surface area (Å²) in [7, 11) is 1.60. The van der Waals surface area contributed by atoms with E-state index >= 15 is 0 Å². The predicted octanol–water partition coefficient (Wildman–Crippen LogP) is 1.87. The highest BCUT2D eigenvalue weighted by Crippen LogP contribution is 2.26. The fourth-order valence-electron chi connectivity index (χ4n) is 1.40. The second-order valence-electron chi connectivity index (χ2n) is 3.45. The lowest BCUT2D eigenvalue weighted by molar-refractivity contribution is 0.249. The van der Waals surface area contributed by atoms with Gasteiger partial charge < -0.3 is 15.8 Å². The number of nitrogens with one attached hydrogen (secondary N) is 1. The first-order valence-electron chi connectivity index (χ1n) is 4.91. The number of carbonyl (C=O) groups is 1. The maximum Gasteiger partial charge on any atom is 0.312 e. The molecule has 1 rings (SSSR count). The number of primary amides is 1. The number of hydrogen-bond acceptors (Lipinski definition) is 2. The molecule has 0 spiro atoms. The standard InChI is InChI=1S/C11H15ClN2O2/c1-7-5-10(16-2)8(6-9(7)12)3-4-14-11(13)15/h5-6H,3-4H2,1-2H3,(H3,13,14,15). The maximum atomic E-state index is 10.5. The van der Waals surface area contributed by atoms with Crippen molar-refractivity contribution in [3.63, 3.8) is 0 Å². The molecule has 4 nitrogen and oxygen atoms in total. The highest BCUT2D eigenvalue weighted by Gasteiger charge is 2.06. The number of ether oxygens (including phenoxy) is 1. The summed E-state index contributed by atoms with van der Waals surface area (Å²) in [5, 5.41) is 3.21. The largest absolute Gasteiger partial charge is 0.496 e. The second-order valence-corrected chi connectivity index (χ2v) is 3.86. The molecule has 0 unspecified atom stereocenters. The Kier molecular flexibility index (Phi) is 4.43. The van der Waals surface area contributed by atoms with E-state index in [-0.39, 0.29) is 0 Å². The summed E-state index contributed by atoms with van der Waals surface area (Å²) in [5.74, 6) is 0.771. The summed E-state index contributed by atoms with van der Waals surface area (Å²) in [6.07, 6.45) is 0.631. The molecule has 0 saturated heterocycles. The van der Waals surface area contributed by atoms with Crippen LogP contribution in [-0.4, -0.2) is 19.7 Å². The van der Waals surface area contributed by atoms with Crippen molar-refractivity contribution in [3.8, 4) is 5.75 Å². The molecule has 2 amide bonds. The second kappa shape index (κ2) is 5.61. The lowest BCUT2D eigenvalue weighted by Gasteiger charge is -2.11. The smallest absolute Gasteiger partial charge is 0.312 e. The van der Waals surface area contributed by atoms with Gasteiger partial charge in [0.2, 0.25) is 0 Å². The van der Waals surface area contributed by atoms with Gasteiger partial charge in [0, 0.05) is 11.6 Å². The molecular formula is C11H15ClN2O2. The molecule has 1 aromatic rings. The van der Waals surface area contributed by atoms with E-state index in [1.807, 2.05) is 19.1 Å². The van der Waals surface area contributed by atoms with Crippen molar-refractivity contribution in [2.24, 2.45) is 5.73 Å². The molecule has 0 bridgehead atoms. The number of methoxy groups -OCH3 is 1. The topological polar surface area (TPSA) is 64.3 Å². The Morgan fingerprint density at radius 2 is 2.25 bits per heavy atom. The summed E-state index contributed by atoms with van der Waals surface area (Å²) < 4.78 is 5.24. The highest BCUT2D eigenvalue weighted by atomic mass is 35.5. The molecule has 88 valence electrons. The van der Waals surface area contributed by atoms with Crippen molar-refractivity contribution in [2.45, 2.75) is 13.3 Å². The van der Waals surface area contributed by atoms with Gasteiger partial charge in [0.05, 0.1) is 7.11 Å². The third-order valence-electron chi connectivity index (χ3n) is 2.26. The van der Waals surface area contributed by atoms with E-state index in [4.69, 9.17) is 22.1 Å². The van der Waals surface area contributed by atoms with Crippen LogP contribution in [-0.2, 0) is 6.42 Å². The molecule has 0 radical (unpaired) electrons. The normalized spacial score (nSPS) is 9.94. The number of nitrogens with two attached hydrogens (primary N) is 1. The van der Waals surface area contributed by atoms with Crippen molar-refractivity contribution in [1.29, 1.82) is 0 Å². The Hall–Kier alpha value is -1.42. The van der Waals surface area contributed by atoms with E-state index in [1.54, 1.807) is 7.11 Å². The van der Waals surface area contributed by atoms with Crippen molar-refractivity contribution in [1.82, 2.24) is 5.32 Å². The first-order valence-corrected chi connectivity index (χ1v) is 5.28. The van der Waals surface area contributed by atoms with Gasteiger partial charge in [-0.05, 0) is 36.6 Å². The molecule has 0 saturated carbocycles. The van der Waals surface area contributed by atoms with E-state index in [2.05, 4.69) is 5.32 Å². The summed E-state index contributed by atoms with van der Waals surface area (Å²) in [4.78, 5) is 10.5. The zero-order chi connectivity index (χ0) is 12.1. The van der Waals surface area contributed by atoms with E-state index in [1.165, 1.54) is 0 Å². The van der Waals surface area contributed by atoms with E-state index in [0.717, 1.165) is 16.9 Å². The van der Waals surface area contributed by atoms with Crippen LogP contribution in [0.3, 0.4) is 0 Å². The number of carbonyl (C=O) groups excluding carboxylic acids is 1. The average molecular weight is 243 g/mol. The minimum atomic E-state index is -0.530. The van der Waals surface area contributed by atoms with Crippen LogP contribution in [0.15, 0.2) is 12.1 Å². The summed E-state index contributed by atoms with van der Waals surface area (Å²) in [5.41, 5.74) is 6.89. The SMILES string of the molecule is COc1cc(C)c(Cl)cc1CCNC(N)=O. The summed E-state index contributed by atoms with van der Waals surface area (Å²) in [6, 6.07) is 3.19. The van der Waals surface area contributed by atoms with Crippen molar-refractivity contribution >= 4 is 17.6 Å². The van der Waals surface area contributed by atoms with Crippen LogP contribution in [0.1, 0.15) is 11.1 Å². The fourth-order valence-corrected chi connectivity index (χ4v) is 1.59. The van der Waals surface area contributed by atoms with Gasteiger partial charge in [-0.15, -0.1) is 0 Å². The molecule has 0 heterocycles. The van der Waals surface area contributed by atoms with Gasteiger partial charge in [-0.1, -0.05) is 11.6 Å². The molecule has 1 aromatic carbocycles. The molecule has 5 heteroatoms. The monoisotopic (exact) mass is 242 g/mol. The highest BCUT2D eigenvalue weighted by molar-refractivity contribution is 6.31. The number of amides is 2. The molecular weight excluding hydrogens is 228 g/mol. The summed E-state index contributed by atoms with van der Waals surface area (Å²) >= 11 is 6.02. The Morgan fingerprint density at radius 1 is 1.56 bits per heavy atom. The minimum Gasteiger partial charge on any atom is -0.496 e. The van der Waals surface area contributed by atoms with Crippen LogP contribution in [0.2, 0.25) is 5.02 Å². The molecule has 0 aliphatic heterocycles. The lowest BCUT2D eigenvalue weighted by atomic mass is 10.1. The quantitative estimate of drug-likeness (QED) is 0.847. The van der Waals surface area contributed by atoms with Gasteiger partial charge in [0.15, 0.2) is 0 Å². The first-order chi connectivity index (χ1) is 7.54. The number of aryl methyl sites for hydroxylation is 1. The van der Waals surface area contributed by atoms with Crippen LogP contribution < -0.4 is 15.8 Å². The Morgan fingerprint density at radius 3 is 2.81 bits per heavy atom. The minimum absolute atomic E-state index is 0.463. The molecule has 0 aliphatic carbocycles. The number of rotatable bonds is 4. The molecule has 0 fully saturated rings. The van der Waals surface area contributed by atoms with E-state index in [9.17, 15) is 4.79 Å². The lowest BCUT2D eigenvalue weighted by Crippen LogP contribution is -2.31. The summed E-state index contributed by atoms with van der Waals surface area (Å²) in [6.45, 7) is 2.38. The zero-order valence-corrected chi connectivity index (χ0v) is 10.1. The van der Waals surface area contributed by atoms with Crippen LogP contribution in [0.4, 0.5) is 4.79 Å².